The van der Waals surface area contributed by atoms with Gasteiger partial charge in [-0.25, -0.2) is 10.4 Å². The molecule has 29 heavy (non-hydrogen) atoms. The number of carbonyl (C=O) groups is 1. The summed E-state index contributed by atoms with van der Waals surface area (Å²) in [4.78, 5) is 16.5. The summed E-state index contributed by atoms with van der Waals surface area (Å²) in [5.41, 5.74) is 6.83. The number of aromatic nitrogens is 1. The third-order valence-corrected chi connectivity index (χ3v) is 5.25. The molecule has 1 N–H and O–H groups in total. The smallest absolute Gasteiger partial charge is 0.243 e. The minimum absolute atomic E-state index is 0.0338. The second-order valence-electron chi connectivity index (χ2n) is 7.67. The van der Waals surface area contributed by atoms with Crippen LogP contribution in [0.1, 0.15) is 39.7 Å². The molecule has 1 aliphatic rings. The van der Waals surface area contributed by atoms with Gasteiger partial charge in [0.15, 0.2) is 5.58 Å². The molecule has 0 spiro atoms. The summed E-state index contributed by atoms with van der Waals surface area (Å²) in [7, 11) is 0. The fraction of sp³-hybridized carbons (Fsp3) is 0.348. The minimum Gasteiger partial charge on any atom is -0.491 e. The molecule has 1 aromatic heterocycles. The monoisotopic (exact) mass is 391 g/mol. The molecule has 4 rings (SSSR count). The summed E-state index contributed by atoms with van der Waals surface area (Å²) in [5.74, 6) is 1.32. The van der Waals surface area contributed by atoms with Crippen molar-refractivity contribution < 1.29 is 13.9 Å². The summed E-state index contributed by atoms with van der Waals surface area (Å²) in [5, 5.41) is 4.33. The molecule has 0 saturated heterocycles. The SMILES string of the molecule is CC[C@H]1C(c2ccc3nc(-c4ccc(OC(C)C)cc4)oc3c2)=NNC(=O)[C@H]1C. The number of nitrogens with zero attached hydrogens (tertiary/aromatic N) is 2. The highest BCUT2D eigenvalue weighted by Gasteiger charge is 2.31. The van der Waals surface area contributed by atoms with E-state index in [4.69, 9.17) is 9.15 Å². The van der Waals surface area contributed by atoms with E-state index in [1.54, 1.807) is 0 Å². The number of amides is 1. The van der Waals surface area contributed by atoms with Crippen molar-refractivity contribution in [2.24, 2.45) is 16.9 Å². The molecule has 0 bridgehead atoms. The topological polar surface area (TPSA) is 76.7 Å². The molecule has 0 aliphatic carbocycles. The van der Waals surface area contributed by atoms with Crippen LogP contribution in [0, 0.1) is 11.8 Å². The number of hydrogen-bond acceptors (Lipinski definition) is 5. The van der Waals surface area contributed by atoms with Gasteiger partial charge in [0.1, 0.15) is 11.3 Å². The van der Waals surface area contributed by atoms with E-state index < -0.39 is 0 Å². The second-order valence-corrected chi connectivity index (χ2v) is 7.67. The first-order chi connectivity index (χ1) is 14.0. The van der Waals surface area contributed by atoms with Gasteiger partial charge in [-0.1, -0.05) is 19.9 Å². The maximum absolute atomic E-state index is 11.9. The Morgan fingerprint density at radius 2 is 1.86 bits per heavy atom. The van der Waals surface area contributed by atoms with Crippen LogP contribution in [0.5, 0.6) is 5.75 Å². The Labute approximate surface area is 170 Å². The molecule has 2 atom stereocenters. The number of ether oxygens (including phenoxy) is 1. The molecule has 150 valence electrons. The maximum Gasteiger partial charge on any atom is 0.243 e. The molecule has 1 amide bonds. The molecular formula is C23H25N3O3. The van der Waals surface area contributed by atoms with E-state index in [1.807, 2.05) is 63.2 Å². The number of hydrazone groups is 1. The van der Waals surface area contributed by atoms with Gasteiger partial charge in [-0.15, -0.1) is 0 Å². The molecule has 2 aromatic carbocycles. The molecule has 3 aromatic rings. The Bertz CT molecular complexity index is 1070. The summed E-state index contributed by atoms with van der Waals surface area (Å²) in [6.07, 6.45) is 0.975. The molecule has 2 heterocycles. The van der Waals surface area contributed by atoms with Crippen molar-refractivity contribution in [1.82, 2.24) is 10.4 Å². The molecule has 1 aliphatic heterocycles. The summed E-state index contributed by atoms with van der Waals surface area (Å²) < 4.78 is 11.7. The second kappa shape index (κ2) is 7.70. The first-order valence-corrected chi connectivity index (χ1v) is 10.0. The Kier molecular flexibility index (Phi) is 5.09. The van der Waals surface area contributed by atoms with Crippen LogP contribution >= 0.6 is 0 Å². The number of hydrogen-bond donors (Lipinski definition) is 1. The molecule has 0 unspecified atom stereocenters. The average molecular weight is 391 g/mol. The lowest BCUT2D eigenvalue weighted by atomic mass is 9.83. The average Bonchev–Trinajstić information content (AvgIpc) is 3.13. The third-order valence-electron chi connectivity index (χ3n) is 5.25. The number of fused-ring (bicyclic) bond motifs is 1. The van der Waals surface area contributed by atoms with Gasteiger partial charge in [-0.2, -0.15) is 5.10 Å². The quantitative estimate of drug-likeness (QED) is 0.679. The van der Waals surface area contributed by atoms with Crippen LogP contribution in [-0.4, -0.2) is 22.7 Å². The van der Waals surface area contributed by atoms with Crippen LogP contribution in [0.2, 0.25) is 0 Å². The van der Waals surface area contributed by atoms with Crippen LogP contribution < -0.4 is 10.2 Å². The fourth-order valence-corrected chi connectivity index (χ4v) is 3.70. The van der Waals surface area contributed by atoms with Crippen molar-refractivity contribution in [2.75, 3.05) is 0 Å². The van der Waals surface area contributed by atoms with Gasteiger partial charge < -0.3 is 9.15 Å². The summed E-state index contributed by atoms with van der Waals surface area (Å²) in [6, 6.07) is 13.6. The van der Waals surface area contributed by atoms with E-state index in [9.17, 15) is 4.79 Å². The Balaban J connectivity index is 1.65. The van der Waals surface area contributed by atoms with Gasteiger partial charge >= 0.3 is 0 Å². The van der Waals surface area contributed by atoms with Gasteiger partial charge in [0, 0.05) is 23.0 Å². The highest BCUT2D eigenvalue weighted by Crippen LogP contribution is 2.30. The van der Waals surface area contributed by atoms with E-state index in [0.717, 1.165) is 34.5 Å². The normalized spacial score (nSPS) is 19.3. The lowest BCUT2D eigenvalue weighted by molar-refractivity contribution is -0.125. The molecule has 0 radical (unpaired) electrons. The zero-order chi connectivity index (χ0) is 20.5. The molecule has 6 heteroatoms. The van der Waals surface area contributed by atoms with E-state index in [2.05, 4.69) is 22.4 Å². The zero-order valence-corrected chi connectivity index (χ0v) is 17.1. The van der Waals surface area contributed by atoms with Crippen molar-refractivity contribution in [2.45, 2.75) is 40.2 Å². The largest absolute Gasteiger partial charge is 0.491 e. The number of nitrogens with one attached hydrogen (secondary N) is 1. The Morgan fingerprint density at radius 3 is 2.55 bits per heavy atom. The predicted octanol–water partition coefficient (Wildman–Crippen LogP) is 4.78. The van der Waals surface area contributed by atoms with Crippen LogP contribution in [0.25, 0.3) is 22.6 Å². The van der Waals surface area contributed by atoms with E-state index in [0.29, 0.717) is 11.5 Å². The molecular weight excluding hydrogens is 366 g/mol. The minimum atomic E-state index is -0.111. The molecule has 0 saturated carbocycles. The van der Waals surface area contributed by atoms with Gasteiger partial charge in [-0.3, -0.25) is 4.79 Å². The van der Waals surface area contributed by atoms with Crippen LogP contribution in [-0.2, 0) is 4.79 Å². The van der Waals surface area contributed by atoms with Crippen LogP contribution in [0.3, 0.4) is 0 Å². The maximum atomic E-state index is 11.9. The number of carbonyl (C=O) groups excluding carboxylic acids is 1. The highest BCUT2D eigenvalue weighted by atomic mass is 16.5. The van der Waals surface area contributed by atoms with Gasteiger partial charge in [0.25, 0.3) is 0 Å². The van der Waals surface area contributed by atoms with Crippen molar-refractivity contribution >= 4 is 22.7 Å². The van der Waals surface area contributed by atoms with Crippen molar-refractivity contribution in [3.63, 3.8) is 0 Å². The summed E-state index contributed by atoms with van der Waals surface area (Å²) >= 11 is 0. The number of rotatable bonds is 5. The summed E-state index contributed by atoms with van der Waals surface area (Å²) in [6.45, 7) is 8.01. The first kappa shape index (κ1) is 19.2. The van der Waals surface area contributed by atoms with E-state index in [-0.39, 0.29) is 23.8 Å². The highest BCUT2D eigenvalue weighted by molar-refractivity contribution is 6.07. The van der Waals surface area contributed by atoms with E-state index >= 15 is 0 Å². The van der Waals surface area contributed by atoms with Crippen molar-refractivity contribution in [3.05, 3.63) is 48.0 Å². The van der Waals surface area contributed by atoms with Crippen LogP contribution in [0.4, 0.5) is 0 Å². The fourth-order valence-electron chi connectivity index (χ4n) is 3.70. The molecule has 0 fully saturated rings. The molecule has 6 nitrogen and oxygen atoms in total. The number of benzene rings is 2. The third kappa shape index (κ3) is 3.75. The Hall–Kier alpha value is -3.15. The van der Waals surface area contributed by atoms with Gasteiger partial charge in [0.2, 0.25) is 11.8 Å². The number of oxazole rings is 1. The Morgan fingerprint density at radius 1 is 1.14 bits per heavy atom. The standard InChI is InChI=1S/C23H25N3O3/c1-5-18-14(4)22(27)26-25-21(18)16-8-11-19-20(12-16)29-23(24-19)15-6-9-17(10-7-15)28-13(2)3/h6-14,18H,5H2,1-4H3,(H,26,27)/t14-,18+/m0/s1. The lowest BCUT2D eigenvalue weighted by Gasteiger charge is -2.27. The van der Waals surface area contributed by atoms with Crippen LogP contribution in [0.15, 0.2) is 52.0 Å². The van der Waals surface area contributed by atoms with Gasteiger partial charge in [-0.05, 0) is 56.7 Å². The van der Waals surface area contributed by atoms with Gasteiger partial charge in [0.05, 0.1) is 11.8 Å². The first-order valence-electron chi connectivity index (χ1n) is 10.0. The van der Waals surface area contributed by atoms with Crippen molar-refractivity contribution in [1.29, 1.82) is 0 Å². The zero-order valence-electron chi connectivity index (χ0n) is 17.1. The predicted molar refractivity (Wildman–Crippen MR) is 113 cm³/mol. The van der Waals surface area contributed by atoms with Crippen molar-refractivity contribution in [3.8, 4) is 17.2 Å². The van der Waals surface area contributed by atoms with E-state index in [1.165, 1.54) is 0 Å². The lowest BCUT2D eigenvalue weighted by Crippen LogP contribution is -2.40.